The van der Waals surface area contributed by atoms with Crippen LogP contribution in [0.25, 0.3) is 0 Å². The average molecular weight is 270 g/mol. The quantitative estimate of drug-likeness (QED) is 0.802. The van der Waals surface area contributed by atoms with Gasteiger partial charge < -0.3 is 16.2 Å². The molecule has 4 N–H and O–H groups in total. The van der Waals surface area contributed by atoms with Crippen molar-refractivity contribution in [3.8, 4) is 5.75 Å². The van der Waals surface area contributed by atoms with Crippen LogP contribution in [0.2, 0.25) is 0 Å². The number of anilines is 1. The van der Waals surface area contributed by atoms with Crippen LogP contribution in [0.3, 0.4) is 0 Å². The van der Waals surface area contributed by atoms with Gasteiger partial charge in [0.25, 0.3) is 0 Å². The SMILES string of the molecule is Cc1ccc(NC(=O)C(N)c2ccccc2)c(C)c1O. The van der Waals surface area contributed by atoms with E-state index in [1.54, 1.807) is 19.1 Å². The second-order valence-corrected chi connectivity index (χ2v) is 4.78. The molecular formula is C16H18N2O2. The van der Waals surface area contributed by atoms with Gasteiger partial charge in [0.2, 0.25) is 5.91 Å². The van der Waals surface area contributed by atoms with Crippen LogP contribution < -0.4 is 11.1 Å². The van der Waals surface area contributed by atoms with Crippen molar-refractivity contribution in [1.82, 2.24) is 0 Å². The van der Waals surface area contributed by atoms with Crippen LogP contribution in [0.5, 0.6) is 5.75 Å². The molecule has 0 aliphatic rings. The van der Waals surface area contributed by atoms with Crippen molar-refractivity contribution in [2.45, 2.75) is 19.9 Å². The third-order valence-corrected chi connectivity index (χ3v) is 3.33. The summed E-state index contributed by atoms with van der Waals surface area (Å²) >= 11 is 0. The number of phenolic OH excluding ortho intramolecular Hbond substituents is 1. The van der Waals surface area contributed by atoms with Crippen molar-refractivity contribution in [3.63, 3.8) is 0 Å². The largest absolute Gasteiger partial charge is 0.507 e. The first-order valence-corrected chi connectivity index (χ1v) is 6.41. The van der Waals surface area contributed by atoms with E-state index < -0.39 is 6.04 Å². The Bertz CT molecular complexity index is 624. The van der Waals surface area contributed by atoms with Gasteiger partial charge in [0.1, 0.15) is 11.8 Å². The Labute approximate surface area is 118 Å². The lowest BCUT2D eigenvalue weighted by Crippen LogP contribution is -2.27. The normalized spacial score (nSPS) is 11.9. The molecule has 20 heavy (non-hydrogen) atoms. The molecule has 104 valence electrons. The van der Waals surface area contributed by atoms with Crippen LogP contribution in [-0.2, 0) is 4.79 Å². The number of carbonyl (C=O) groups is 1. The molecule has 0 heterocycles. The maximum atomic E-state index is 12.1. The number of nitrogens with two attached hydrogens (primary N) is 1. The summed E-state index contributed by atoms with van der Waals surface area (Å²) in [5.41, 5.74) is 8.66. The van der Waals surface area contributed by atoms with E-state index in [0.717, 1.165) is 11.1 Å². The van der Waals surface area contributed by atoms with Crippen LogP contribution in [0.4, 0.5) is 5.69 Å². The summed E-state index contributed by atoms with van der Waals surface area (Å²) in [6.07, 6.45) is 0. The molecule has 0 bridgehead atoms. The van der Waals surface area contributed by atoms with Gasteiger partial charge in [0.05, 0.1) is 0 Å². The minimum Gasteiger partial charge on any atom is -0.507 e. The molecule has 0 fully saturated rings. The molecule has 4 heteroatoms. The first-order chi connectivity index (χ1) is 9.50. The molecule has 2 aromatic carbocycles. The van der Waals surface area contributed by atoms with E-state index in [4.69, 9.17) is 5.73 Å². The Morgan fingerprint density at radius 2 is 1.80 bits per heavy atom. The van der Waals surface area contributed by atoms with Crippen LogP contribution >= 0.6 is 0 Å². The van der Waals surface area contributed by atoms with Gasteiger partial charge in [-0.25, -0.2) is 0 Å². The number of nitrogens with one attached hydrogen (secondary N) is 1. The van der Waals surface area contributed by atoms with Crippen molar-refractivity contribution in [2.24, 2.45) is 5.73 Å². The number of hydrogen-bond acceptors (Lipinski definition) is 3. The molecule has 4 nitrogen and oxygen atoms in total. The van der Waals surface area contributed by atoms with Gasteiger partial charge in [-0.05, 0) is 31.0 Å². The third kappa shape index (κ3) is 2.81. The van der Waals surface area contributed by atoms with Gasteiger partial charge in [-0.3, -0.25) is 4.79 Å². The number of hydrogen-bond donors (Lipinski definition) is 3. The molecule has 0 aliphatic heterocycles. The lowest BCUT2D eigenvalue weighted by Gasteiger charge is -2.15. The summed E-state index contributed by atoms with van der Waals surface area (Å²) in [4.78, 5) is 12.1. The van der Waals surface area contributed by atoms with Crippen LogP contribution in [0, 0.1) is 13.8 Å². The van der Waals surface area contributed by atoms with Crippen molar-refractivity contribution in [2.75, 3.05) is 5.32 Å². The smallest absolute Gasteiger partial charge is 0.245 e. The zero-order valence-corrected chi connectivity index (χ0v) is 11.6. The lowest BCUT2D eigenvalue weighted by atomic mass is 10.1. The Morgan fingerprint density at radius 1 is 1.15 bits per heavy atom. The van der Waals surface area contributed by atoms with Crippen molar-refractivity contribution in [1.29, 1.82) is 0 Å². The van der Waals surface area contributed by atoms with Crippen molar-refractivity contribution in [3.05, 3.63) is 59.2 Å². The molecule has 0 spiro atoms. The first-order valence-electron chi connectivity index (χ1n) is 6.41. The van der Waals surface area contributed by atoms with Crippen molar-refractivity contribution >= 4 is 11.6 Å². The summed E-state index contributed by atoms with van der Waals surface area (Å²) < 4.78 is 0. The fraction of sp³-hybridized carbons (Fsp3) is 0.188. The highest BCUT2D eigenvalue weighted by molar-refractivity contribution is 5.96. The molecule has 2 aromatic rings. The molecule has 1 amide bonds. The molecule has 2 rings (SSSR count). The predicted molar refractivity (Wildman–Crippen MR) is 79.6 cm³/mol. The summed E-state index contributed by atoms with van der Waals surface area (Å²) in [7, 11) is 0. The highest BCUT2D eigenvalue weighted by atomic mass is 16.3. The fourth-order valence-electron chi connectivity index (χ4n) is 1.99. The number of aryl methyl sites for hydroxylation is 1. The Balaban J connectivity index is 2.18. The van der Waals surface area contributed by atoms with Crippen LogP contribution in [0.1, 0.15) is 22.7 Å². The van der Waals surface area contributed by atoms with E-state index in [9.17, 15) is 9.90 Å². The maximum Gasteiger partial charge on any atom is 0.245 e. The molecule has 0 saturated carbocycles. The minimum atomic E-state index is -0.737. The first kappa shape index (κ1) is 14.1. The number of rotatable bonds is 3. The highest BCUT2D eigenvalue weighted by Crippen LogP contribution is 2.28. The Kier molecular flexibility index (Phi) is 4.05. The molecule has 0 aliphatic carbocycles. The highest BCUT2D eigenvalue weighted by Gasteiger charge is 2.17. The van der Waals surface area contributed by atoms with Crippen molar-refractivity contribution < 1.29 is 9.90 Å². The number of amides is 1. The zero-order valence-electron chi connectivity index (χ0n) is 11.6. The van der Waals surface area contributed by atoms with Gasteiger partial charge in [-0.1, -0.05) is 36.4 Å². The average Bonchev–Trinajstić information content (AvgIpc) is 2.48. The maximum absolute atomic E-state index is 12.1. The molecule has 0 aromatic heterocycles. The second kappa shape index (κ2) is 5.75. The van der Waals surface area contributed by atoms with E-state index in [1.165, 1.54) is 0 Å². The standard InChI is InChI=1S/C16H18N2O2/c1-10-8-9-13(11(2)15(10)19)18-16(20)14(17)12-6-4-3-5-7-12/h3-9,14,19H,17H2,1-2H3,(H,18,20). The molecule has 1 unspecified atom stereocenters. The predicted octanol–water partition coefficient (Wildman–Crippen LogP) is 2.65. The zero-order chi connectivity index (χ0) is 14.7. The van der Waals surface area contributed by atoms with E-state index in [-0.39, 0.29) is 11.7 Å². The van der Waals surface area contributed by atoms with Gasteiger partial charge in [0, 0.05) is 11.3 Å². The van der Waals surface area contributed by atoms with Crippen LogP contribution in [0.15, 0.2) is 42.5 Å². The fourth-order valence-corrected chi connectivity index (χ4v) is 1.99. The number of carbonyl (C=O) groups excluding carboxylic acids is 1. The molecular weight excluding hydrogens is 252 g/mol. The van der Waals surface area contributed by atoms with Gasteiger partial charge in [-0.15, -0.1) is 0 Å². The third-order valence-electron chi connectivity index (χ3n) is 3.33. The molecule has 1 atom stereocenters. The topological polar surface area (TPSA) is 75.4 Å². The monoisotopic (exact) mass is 270 g/mol. The van der Waals surface area contributed by atoms with Gasteiger partial charge in [-0.2, -0.15) is 0 Å². The minimum absolute atomic E-state index is 0.191. The van der Waals surface area contributed by atoms with E-state index in [0.29, 0.717) is 11.3 Å². The molecule has 0 saturated heterocycles. The molecule has 0 radical (unpaired) electrons. The van der Waals surface area contributed by atoms with E-state index in [2.05, 4.69) is 5.32 Å². The summed E-state index contributed by atoms with van der Waals surface area (Å²) in [6, 6.07) is 12.0. The number of phenols is 1. The summed E-state index contributed by atoms with van der Waals surface area (Å²) in [5, 5.41) is 12.6. The lowest BCUT2D eigenvalue weighted by molar-refractivity contribution is -0.117. The van der Waals surface area contributed by atoms with Crippen LogP contribution in [-0.4, -0.2) is 11.0 Å². The van der Waals surface area contributed by atoms with Gasteiger partial charge in [0.15, 0.2) is 0 Å². The Morgan fingerprint density at radius 3 is 2.45 bits per heavy atom. The summed E-state index contributed by atoms with van der Waals surface area (Å²) in [6.45, 7) is 3.57. The van der Waals surface area contributed by atoms with E-state index in [1.807, 2.05) is 37.3 Å². The number of aromatic hydroxyl groups is 1. The van der Waals surface area contributed by atoms with E-state index >= 15 is 0 Å². The second-order valence-electron chi connectivity index (χ2n) is 4.78. The summed E-state index contributed by atoms with van der Waals surface area (Å²) in [5.74, 6) is -0.112. The number of benzene rings is 2. The Hall–Kier alpha value is -2.33. The van der Waals surface area contributed by atoms with Gasteiger partial charge >= 0.3 is 0 Å².